The Bertz CT molecular complexity index is 282. The Morgan fingerprint density at radius 2 is 2.25 bits per heavy atom. The number of hydrogen-bond donors (Lipinski definition) is 2. The molecule has 0 aromatic heterocycles. The normalized spacial score (nSPS) is 16.2. The first-order valence-corrected chi connectivity index (χ1v) is 3.13. The van der Waals surface area contributed by atoms with Crippen LogP contribution in [0.4, 0.5) is 4.79 Å². The topological polar surface area (TPSA) is 103 Å². The SMILES string of the molecule is NC(=O)CC1=C[N]C(=O)NC1=O. The van der Waals surface area contributed by atoms with Gasteiger partial charge in [-0.15, -0.1) is 0 Å². The number of hydrogen-bond acceptors (Lipinski definition) is 3. The predicted octanol–water partition coefficient (Wildman–Crippen LogP) is -1.40. The van der Waals surface area contributed by atoms with Crippen molar-refractivity contribution in [3.05, 3.63) is 11.8 Å². The first-order valence-electron chi connectivity index (χ1n) is 3.13. The number of primary amides is 1. The number of imide groups is 1. The summed E-state index contributed by atoms with van der Waals surface area (Å²) in [6.45, 7) is 0. The summed E-state index contributed by atoms with van der Waals surface area (Å²) in [5.74, 6) is -1.25. The number of rotatable bonds is 2. The lowest BCUT2D eigenvalue weighted by Crippen LogP contribution is -2.40. The number of nitrogens with zero attached hydrogens (tertiary/aromatic N) is 1. The fraction of sp³-hybridized carbons (Fsp3) is 0.167. The Labute approximate surface area is 67.8 Å². The maximum Gasteiger partial charge on any atom is 0.347 e. The van der Waals surface area contributed by atoms with Crippen molar-refractivity contribution < 1.29 is 14.4 Å². The Balaban J connectivity index is 2.71. The summed E-state index contributed by atoms with van der Waals surface area (Å²) in [4.78, 5) is 31.7. The van der Waals surface area contributed by atoms with E-state index in [4.69, 9.17) is 5.73 Å². The molecule has 0 atom stereocenters. The van der Waals surface area contributed by atoms with E-state index in [1.807, 2.05) is 5.32 Å². The van der Waals surface area contributed by atoms with Crippen LogP contribution in [0.2, 0.25) is 0 Å². The lowest BCUT2D eigenvalue weighted by atomic mass is 10.1. The highest BCUT2D eigenvalue weighted by atomic mass is 16.2. The van der Waals surface area contributed by atoms with Crippen molar-refractivity contribution in [2.24, 2.45) is 5.73 Å². The van der Waals surface area contributed by atoms with Crippen LogP contribution in [0.3, 0.4) is 0 Å². The number of nitrogens with two attached hydrogens (primary N) is 1. The van der Waals surface area contributed by atoms with Gasteiger partial charge in [-0.2, -0.15) is 0 Å². The Morgan fingerprint density at radius 1 is 1.58 bits per heavy atom. The summed E-state index contributed by atoms with van der Waals surface area (Å²) in [5, 5.41) is 5.19. The second-order valence-corrected chi connectivity index (χ2v) is 2.19. The highest BCUT2D eigenvalue weighted by Gasteiger charge is 2.20. The van der Waals surface area contributed by atoms with E-state index < -0.39 is 17.8 Å². The van der Waals surface area contributed by atoms with Gasteiger partial charge in [-0.1, -0.05) is 0 Å². The largest absolute Gasteiger partial charge is 0.369 e. The van der Waals surface area contributed by atoms with Gasteiger partial charge in [-0.05, 0) is 0 Å². The minimum Gasteiger partial charge on any atom is -0.369 e. The van der Waals surface area contributed by atoms with E-state index in [1.165, 1.54) is 0 Å². The zero-order valence-corrected chi connectivity index (χ0v) is 6.03. The van der Waals surface area contributed by atoms with Gasteiger partial charge in [0, 0.05) is 11.8 Å². The Morgan fingerprint density at radius 3 is 2.75 bits per heavy atom. The number of urea groups is 1. The molecule has 6 heteroatoms. The average Bonchev–Trinajstić information content (AvgIpc) is 1.94. The predicted molar refractivity (Wildman–Crippen MR) is 37.6 cm³/mol. The Hall–Kier alpha value is -1.85. The van der Waals surface area contributed by atoms with Gasteiger partial charge in [-0.3, -0.25) is 14.9 Å². The number of nitrogens with one attached hydrogen (secondary N) is 1. The molecule has 0 spiro atoms. The van der Waals surface area contributed by atoms with E-state index in [2.05, 4.69) is 5.32 Å². The summed E-state index contributed by atoms with van der Waals surface area (Å²) in [6, 6.07) is -0.728. The van der Waals surface area contributed by atoms with Gasteiger partial charge in [0.15, 0.2) is 0 Å². The van der Waals surface area contributed by atoms with E-state index >= 15 is 0 Å². The van der Waals surface area contributed by atoms with Gasteiger partial charge in [0.2, 0.25) is 5.91 Å². The summed E-state index contributed by atoms with van der Waals surface area (Å²) in [7, 11) is 0. The third-order valence-corrected chi connectivity index (χ3v) is 1.21. The van der Waals surface area contributed by atoms with Crippen LogP contribution in [-0.2, 0) is 9.59 Å². The summed E-state index contributed by atoms with van der Waals surface area (Å²) in [6.07, 6.45) is 0.842. The van der Waals surface area contributed by atoms with E-state index in [0.717, 1.165) is 6.20 Å². The molecule has 12 heavy (non-hydrogen) atoms. The lowest BCUT2D eigenvalue weighted by molar-refractivity contribution is -0.121. The van der Waals surface area contributed by atoms with Gasteiger partial charge in [0.1, 0.15) is 0 Å². The first-order chi connectivity index (χ1) is 5.59. The highest BCUT2D eigenvalue weighted by Crippen LogP contribution is 2.02. The molecule has 0 fully saturated rings. The zero-order valence-electron chi connectivity index (χ0n) is 6.03. The third kappa shape index (κ3) is 1.82. The monoisotopic (exact) mass is 168 g/mol. The minimum absolute atomic E-state index is 0.0992. The quantitative estimate of drug-likeness (QED) is 0.529. The summed E-state index contributed by atoms with van der Waals surface area (Å²) >= 11 is 0. The minimum atomic E-state index is -0.728. The molecular formula is C6H6N3O3. The van der Waals surface area contributed by atoms with Crippen LogP contribution in [0.5, 0.6) is 0 Å². The summed E-state index contributed by atoms with van der Waals surface area (Å²) in [5.41, 5.74) is 4.93. The van der Waals surface area contributed by atoms with Crippen LogP contribution in [0.25, 0.3) is 0 Å². The van der Waals surface area contributed by atoms with Crippen molar-refractivity contribution in [3.63, 3.8) is 0 Å². The van der Waals surface area contributed by atoms with Crippen molar-refractivity contribution >= 4 is 17.8 Å². The van der Waals surface area contributed by atoms with Crippen LogP contribution in [-0.4, -0.2) is 17.8 Å². The van der Waals surface area contributed by atoms with Crippen molar-refractivity contribution in [2.75, 3.05) is 0 Å². The Kier molecular flexibility index (Phi) is 2.09. The standard InChI is InChI=1S/C6H6N3O3/c7-4(10)1-3-2-8-6(12)9-5(3)11/h2H,1H2,(H2,7,10)(H,9,11,12). The molecule has 0 aliphatic carbocycles. The van der Waals surface area contributed by atoms with Gasteiger partial charge in [0.05, 0.1) is 6.42 Å². The van der Waals surface area contributed by atoms with Crippen LogP contribution in [0.15, 0.2) is 11.8 Å². The zero-order chi connectivity index (χ0) is 9.14. The first kappa shape index (κ1) is 8.25. The van der Waals surface area contributed by atoms with Gasteiger partial charge in [0.25, 0.3) is 5.91 Å². The molecule has 0 aromatic rings. The fourth-order valence-corrected chi connectivity index (χ4v) is 0.718. The fourth-order valence-electron chi connectivity index (χ4n) is 0.718. The van der Waals surface area contributed by atoms with E-state index in [0.29, 0.717) is 0 Å². The molecule has 6 nitrogen and oxygen atoms in total. The molecule has 1 aliphatic heterocycles. The van der Waals surface area contributed by atoms with Crippen LogP contribution in [0.1, 0.15) is 6.42 Å². The molecule has 1 heterocycles. The molecule has 0 saturated carbocycles. The van der Waals surface area contributed by atoms with Crippen molar-refractivity contribution in [1.82, 2.24) is 10.6 Å². The molecule has 0 saturated heterocycles. The number of amides is 4. The molecule has 0 unspecified atom stereocenters. The second-order valence-electron chi connectivity index (χ2n) is 2.19. The smallest absolute Gasteiger partial charge is 0.347 e. The van der Waals surface area contributed by atoms with Gasteiger partial charge >= 0.3 is 6.03 Å². The van der Waals surface area contributed by atoms with E-state index in [9.17, 15) is 14.4 Å². The molecule has 63 valence electrons. The van der Waals surface area contributed by atoms with Crippen molar-refractivity contribution in [1.29, 1.82) is 0 Å². The molecule has 0 bridgehead atoms. The van der Waals surface area contributed by atoms with Gasteiger partial charge < -0.3 is 5.73 Å². The second kappa shape index (κ2) is 3.04. The molecule has 4 amide bonds. The molecule has 1 aliphatic rings. The van der Waals surface area contributed by atoms with Crippen LogP contribution >= 0.6 is 0 Å². The molecular weight excluding hydrogens is 162 g/mol. The van der Waals surface area contributed by atoms with E-state index in [-0.39, 0.29) is 12.0 Å². The van der Waals surface area contributed by atoms with Crippen LogP contribution in [0, 0.1) is 0 Å². The molecule has 0 aromatic carbocycles. The highest BCUT2D eigenvalue weighted by molar-refractivity contribution is 6.08. The van der Waals surface area contributed by atoms with Gasteiger partial charge in [-0.25, -0.2) is 10.1 Å². The molecule has 1 radical (unpaired) electrons. The van der Waals surface area contributed by atoms with Crippen molar-refractivity contribution in [2.45, 2.75) is 6.42 Å². The average molecular weight is 168 g/mol. The van der Waals surface area contributed by atoms with E-state index in [1.54, 1.807) is 0 Å². The number of carbonyl (C=O) groups excluding carboxylic acids is 3. The number of carbonyl (C=O) groups is 3. The summed E-state index contributed by atoms with van der Waals surface area (Å²) < 4.78 is 0. The molecule has 1 rings (SSSR count). The maximum absolute atomic E-state index is 10.9. The van der Waals surface area contributed by atoms with Crippen molar-refractivity contribution in [3.8, 4) is 0 Å². The van der Waals surface area contributed by atoms with Crippen LogP contribution < -0.4 is 16.4 Å². The maximum atomic E-state index is 10.9. The molecule has 3 N–H and O–H groups in total. The third-order valence-electron chi connectivity index (χ3n) is 1.21. The lowest BCUT2D eigenvalue weighted by Gasteiger charge is -2.09.